The van der Waals surface area contributed by atoms with Crippen LogP contribution in [0.2, 0.25) is 0 Å². The predicted molar refractivity (Wildman–Crippen MR) is 83.4 cm³/mol. The fourth-order valence-electron chi connectivity index (χ4n) is 1.89. The molecule has 0 radical (unpaired) electrons. The smallest absolute Gasteiger partial charge is 0.119 e. The van der Waals surface area contributed by atoms with Crippen LogP contribution in [0.15, 0.2) is 35.7 Å². The van der Waals surface area contributed by atoms with Gasteiger partial charge in [0.2, 0.25) is 0 Å². The summed E-state index contributed by atoms with van der Waals surface area (Å²) in [4.78, 5) is 1.32. The van der Waals surface area contributed by atoms with Crippen LogP contribution in [-0.4, -0.2) is 24.4 Å². The van der Waals surface area contributed by atoms with Crippen LogP contribution >= 0.6 is 11.3 Å². The summed E-state index contributed by atoms with van der Waals surface area (Å²) in [6.45, 7) is 5.76. The van der Waals surface area contributed by atoms with E-state index in [-0.39, 0.29) is 0 Å². The van der Waals surface area contributed by atoms with E-state index in [0.717, 1.165) is 17.9 Å². The van der Waals surface area contributed by atoms with Gasteiger partial charge < -0.3 is 15.2 Å². The van der Waals surface area contributed by atoms with Crippen LogP contribution in [0.4, 0.5) is 0 Å². The third-order valence-corrected chi connectivity index (χ3v) is 4.09. The van der Waals surface area contributed by atoms with Crippen LogP contribution in [0, 0.1) is 13.8 Å². The van der Waals surface area contributed by atoms with E-state index in [0.29, 0.717) is 13.2 Å². The molecule has 2 aromatic rings. The largest absolute Gasteiger partial charge is 0.491 e. The Bertz CT molecular complexity index is 539. The molecule has 0 aliphatic heterocycles. The van der Waals surface area contributed by atoms with Gasteiger partial charge in [0.1, 0.15) is 18.5 Å². The van der Waals surface area contributed by atoms with Crippen LogP contribution in [0.3, 0.4) is 0 Å². The van der Waals surface area contributed by atoms with Gasteiger partial charge in [-0.25, -0.2) is 0 Å². The molecule has 20 heavy (non-hydrogen) atoms. The number of ether oxygens (including phenoxy) is 1. The van der Waals surface area contributed by atoms with E-state index in [1.807, 2.05) is 31.2 Å². The van der Waals surface area contributed by atoms with Crippen LogP contribution in [0.25, 0.3) is 0 Å². The summed E-state index contributed by atoms with van der Waals surface area (Å²) >= 11 is 1.74. The number of rotatable bonds is 7. The van der Waals surface area contributed by atoms with Crippen molar-refractivity contribution in [1.82, 2.24) is 5.32 Å². The first-order valence-electron chi connectivity index (χ1n) is 6.76. The maximum atomic E-state index is 9.89. The molecule has 1 unspecified atom stereocenters. The number of thiophene rings is 1. The molecule has 0 spiro atoms. The van der Waals surface area contributed by atoms with Gasteiger partial charge in [0, 0.05) is 18.0 Å². The van der Waals surface area contributed by atoms with E-state index >= 15 is 0 Å². The Balaban J connectivity index is 1.68. The van der Waals surface area contributed by atoms with Gasteiger partial charge in [0.25, 0.3) is 0 Å². The highest BCUT2D eigenvalue weighted by Gasteiger charge is 2.06. The molecule has 0 saturated heterocycles. The normalized spacial score (nSPS) is 12.3. The summed E-state index contributed by atoms with van der Waals surface area (Å²) in [6, 6.07) is 9.96. The number of aliphatic hydroxyl groups is 1. The second-order valence-electron chi connectivity index (χ2n) is 4.94. The molecule has 0 fully saturated rings. The second kappa shape index (κ2) is 7.43. The van der Waals surface area contributed by atoms with Gasteiger partial charge >= 0.3 is 0 Å². The fraction of sp³-hybridized carbons (Fsp3) is 0.375. The molecule has 1 atom stereocenters. The highest BCUT2D eigenvalue weighted by atomic mass is 32.1. The number of benzene rings is 1. The van der Waals surface area contributed by atoms with Crippen molar-refractivity contribution >= 4 is 11.3 Å². The summed E-state index contributed by atoms with van der Waals surface area (Å²) in [7, 11) is 0. The molecule has 0 aliphatic carbocycles. The maximum Gasteiger partial charge on any atom is 0.119 e. The first kappa shape index (κ1) is 15.0. The van der Waals surface area contributed by atoms with Crippen molar-refractivity contribution < 1.29 is 9.84 Å². The van der Waals surface area contributed by atoms with E-state index in [1.165, 1.54) is 10.4 Å². The van der Waals surface area contributed by atoms with Gasteiger partial charge in [0.15, 0.2) is 0 Å². The molecule has 3 nitrogen and oxygen atoms in total. The number of aliphatic hydroxyl groups excluding tert-OH is 1. The summed E-state index contributed by atoms with van der Waals surface area (Å²) < 4.78 is 5.57. The zero-order valence-electron chi connectivity index (χ0n) is 11.9. The summed E-state index contributed by atoms with van der Waals surface area (Å²) in [5.74, 6) is 0.804. The van der Waals surface area contributed by atoms with Crippen molar-refractivity contribution in [3.63, 3.8) is 0 Å². The Labute approximate surface area is 124 Å². The van der Waals surface area contributed by atoms with E-state index in [2.05, 4.69) is 23.7 Å². The molecular weight excluding hydrogens is 270 g/mol. The Kier molecular flexibility index (Phi) is 5.59. The molecular formula is C16H21NO2S. The lowest BCUT2D eigenvalue weighted by Gasteiger charge is -2.13. The minimum absolute atomic E-state index is 0.305. The molecule has 1 aromatic heterocycles. The summed E-state index contributed by atoms with van der Waals surface area (Å²) in [5, 5.41) is 15.2. The number of hydrogen-bond donors (Lipinski definition) is 2. The predicted octanol–water partition coefficient (Wildman–Crippen LogP) is 2.89. The van der Waals surface area contributed by atoms with Crippen molar-refractivity contribution in [2.45, 2.75) is 26.5 Å². The molecule has 2 rings (SSSR count). The molecule has 0 saturated carbocycles. The lowest BCUT2D eigenvalue weighted by molar-refractivity contribution is 0.106. The minimum atomic E-state index is -0.504. The zero-order chi connectivity index (χ0) is 14.4. The van der Waals surface area contributed by atoms with Gasteiger partial charge in [-0.2, -0.15) is 0 Å². The second-order valence-corrected chi connectivity index (χ2v) is 5.94. The van der Waals surface area contributed by atoms with Gasteiger partial charge in [-0.1, -0.05) is 12.1 Å². The third-order valence-electron chi connectivity index (χ3n) is 3.07. The monoisotopic (exact) mass is 291 g/mol. The molecule has 0 amide bonds. The Morgan fingerprint density at radius 2 is 2.15 bits per heavy atom. The third kappa shape index (κ3) is 4.63. The van der Waals surface area contributed by atoms with Crippen LogP contribution in [0.5, 0.6) is 5.75 Å². The van der Waals surface area contributed by atoms with E-state index in [1.54, 1.807) is 11.3 Å². The molecule has 0 aliphatic rings. The number of aryl methyl sites for hydroxylation is 2. The lowest BCUT2D eigenvalue weighted by atomic mass is 10.2. The van der Waals surface area contributed by atoms with Crippen LogP contribution in [-0.2, 0) is 6.54 Å². The highest BCUT2D eigenvalue weighted by Crippen LogP contribution is 2.15. The quantitative estimate of drug-likeness (QED) is 0.824. The summed E-state index contributed by atoms with van der Waals surface area (Å²) in [5.41, 5.74) is 2.45. The standard InChI is InChI=1S/C16H21NO2S/c1-12-4-3-5-15(8-12)19-11-14(18)9-17-10-16-13(2)6-7-20-16/h3-8,14,17-18H,9-11H2,1-2H3. The average Bonchev–Trinajstić information content (AvgIpc) is 2.82. The van der Waals surface area contributed by atoms with Crippen LogP contribution < -0.4 is 10.1 Å². The molecule has 1 heterocycles. The van der Waals surface area contributed by atoms with Gasteiger partial charge in [-0.15, -0.1) is 11.3 Å². The van der Waals surface area contributed by atoms with Gasteiger partial charge in [-0.05, 0) is 48.6 Å². The Morgan fingerprint density at radius 3 is 2.85 bits per heavy atom. The maximum absolute atomic E-state index is 9.89. The average molecular weight is 291 g/mol. The molecule has 2 N–H and O–H groups in total. The first-order valence-corrected chi connectivity index (χ1v) is 7.64. The summed E-state index contributed by atoms with van der Waals surface area (Å²) in [6.07, 6.45) is -0.504. The molecule has 0 bridgehead atoms. The molecule has 1 aromatic carbocycles. The minimum Gasteiger partial charge on any atom is -0.491 e. The van der Waals surface area contributed by atoms with E-state index < -0.39 is 6.10 Å². The fourth-order valence-corrected chi connectivity index (χ4v) is 2.77. The topological polar surface area (TPSA) is 41.5 Å². The van der Waals surface area contributed by atoms with Crippen molar-refractivity contribution in [3.8, 4) is 5.75 Å². The highest BCUT2D eigenvalue weighted by molar-refractivity contribution is 7.10. The van der Waals surface area contributed by atoms with Crippen molar-refractivity contribution in [1.29, 1.82) is 0 Å². The van der Waals surface area contributed by atoms with Crippen molar-refractivity contribution in [2.75, 3.05) is 13.2 Å². The lowest BCUT2D eigenvalue weighted by Crippen LogP contribution is -2.31. The zero-order valence-corrected chi connectivity index (χ0v) is 12.7. The van der Waals surface area contributed by atoms with E-state index in [9.17, 15) is 5.11 Å². The number of hydrogen-bond acceptors (Lipinski definition) is 4. The van der Waals surface area contributed by atoms with Crippen molar-refractivity contribution in [2.24, 2.45) is 0 Å². The molecule has 108 valence electrons. The van der Waals surface area contributed by atoms with Crippen molar-refractivity contribution in [3.05, 3.63) is 51.7 Å². The Hall–Kier alpha value is -1.36. The van der Waals surface area contributed by atoms with Gasteiger partial charge in [-0.3, -0.25) is 0 Å². The molecule has 4 heteroatoms. The SMILES string of the molecule is Cc1cccc(OCC(O)CNCc2sccc2C)c1. The van der Waals surface area contributed by atoms with Gasteiger partial charge in [0.05, 0.1) is 0 Å². The first-order chi connectivity index (χ1) is 9.65. The Morgan fingerprint density at radius 1 is 1.30 bits per heavy atom. The van der Waals surface area contributed by atoms with Crippen LogP contribution in [0.1, 0.15) is 16.0 Å². The van der Waals surface area contributed by atoms with E-state index in [4.69, 9.17) is 4.74 Å². The number of nitrogens with one attached hydrogen (secondary N) is 1.